The van der Waals surface area contributed by atoms with Gasteiger partial charge in [0.25, 0.3) is 0 Å². The van der Waals surface area contributed by atoms with Gasteiger partial charge in [-0.2, -0.15) is 18.4 Å². The molecule has 22 heavy (non-hydrogen) atoms. The Morgan fingerprint density at radius 1 is 1.36 bits per heavy atom. The van der Waals surface area contributed by atoms with Gasteiger partial charge in [0.05, 0.1) is 26.2 Å². The molecule has 0 amide bonds. The summed E-state index contributed by atoms with van der Waals surface area (Å²) in [6.07, 6.45) is -4.59. The Bertz CT molecular complexity index is 660. The SMILES string of the molecule is C/C(Nc1c(Cl)cc(C(F)(F)F)cc1Cl)=C(\SO)C(=N)C#N. The molecule has 0 radical (unpaired) electrons. The third-order valence-electron chi connectivity index (χ3n) is 2.45. The van der Waals surface area contributed by atoms with Crippen molar-refractivity contribution in [1.29, 1.82) is 10.7 Å². The first-order chi connectivity index (χ1) is 10.1. The summed E-state index contributed by atoms with van der Waals surface area (Å²) in [5.41, 5.74) is -1.40. The normalized spacial score (nSPS) is 12.5. The fourth-order valence-corrected chi connectivity index (χ4v) is 2.36. The van der Waals surface area contributed by atoms with Gasteiger partial charge in [-0.25, -0.2) is 0 Å². The zero-order chi connectivity index (χ0) is 17.1. The molecule has 0 fully saturated rings. The summed E-state index contributed by atoms with van der Waals surface area (Å²) >= 11 is 11.7. The van der Waals surface area contributed by atoms with Crippen molar-refractivity contribution in [2.45, 2.75) is 13.1 Å². The van der Waals surface area contributed by atoms with Crippen molar-refractivity contribution in [1.82, 2.24) is 0 Å². The molecule has 0 saturated carbocycles. The standard InChI is InChI=1S/C12H8Cl2F3N3OS/c1-5(11(22-21)9(19)4-18)20-10-7(13)2-6(3-8(10)14)12(15,16)17/h2-3,19-21H,1H3/b11-5+,19-9?. The Labute approximate surface area is 138 Å². The predicted octanol–water partition coefficient (Wildman–Crippen LogP) is 5.41. The summed E-state index contributed by atoms with van der Waals surface area (Å²) in [5.74, 6) is 0. The molecule has 0 atom stereocenters. The first kappa shape index (κ1) is 18.6. The Hall–Kier alpha value is -1.40. The molecule has 0 unspecified atom stereocenters. The number of halogens is 5. The molecule has 1 aromatic carbocycles. The Kier molecular flexibility index (Phi) is 6.14. The van der Waals surface area contributed by atoms with Crippen LogP contribution in [0.3, 0.4) is 0 Å². The Morgan fingerprint density at radius 3 is 2.23 bits per heavy atom. The van der Waals surface area contributed by atoms with Gasteiger partial charge in [-0.1, -0.05) is 23.2 Å². The van der Waals surface area contributed by atoms with E-state index >= 15 is 0 Å². The first-order valence-electron chi connectivity index (χ1n) is 5.46. The van der Waals surface area contributed by atoms with E-state index in [2.05, 4.69) is 5.32 Å². The van der Waals surface area contributed by atoms with Gasteiger partial charge in [-0.3, -0.25) is 5.41 Å². The lowest BCUT2D eigenvalue weighted by atomic mass is 10.2. The highest BCUT2D eigenvalue weighted by Crippen LogP contribution is 2.39. The smallest absolute Gasteiger partial charge is 0.356 e. The molecule has 0 aliphatic rings. The number of alkyl halides is 3. The number of nitrogens with zero attached hydrogens (tertiary/aromatic N) is 1. The Balaban J connectivity index is 3.28. The van der Waals surface area contributed by atoms with Gasteiger partial charge in [-0.15, -0.1) is 0 Å². The molecule has 3 N–H and O–H groups in total. The minimum Gasteiger partial charge on any atom is -0.356 e. The molecule has 1 aromatic rings. The molecular weight excluding hydrogens is 362 g/mol. The number of nitriles is 1. The fourth-order valence-electron chi connectivity index (χ4n) is 1.45. The second-order valence-electron chi connectivity index (χ2n) is 3.97. The summed E-state index contributed by atoms with van der Waals surface area (Å²) < 4.78 is 47.0. The van der Waals surface area contributed by atoms with Crippen molar-refractivity contribution in [3.63, 3.8) is 0 Å². The minimum atomic E-state index is -4.59. The molecular formula is C12H8Cl2F3N3OS. The summed E-state index contributed by atoms with van der Waals surface area (Å²) in [5, 5.41) is 18.0. The fraction of sp³-hybridized carbons (Fsp3) is 0.167. The predicted molar refractivity (Wildman–Crippen MR) is 81.3 cm³/mol. The second kappa shape index (κ2) is 7.24. The molecule has 10 heteroatoms. The zero-order valence-corrected chi connectivity index (χ0v) is 13.2. The quantitative estimate of drug-likeness (QED) is 0.489. The van der Waals surface area contributed by atoms with Crippen LogP contribution >= 0.6 is 35.2 Å². The number of hydrogen-bond donors (Lipinski definition) is 3. The van der Waals surface area contributed by atoms with E-state index in [1.54, 1.807) is 0 Å². The molecule has 0 spiro atoms. The molecule has 118 valence electrons. The third-order valence-corrected chi connectivity index (χ3v) is 3.74. The van der Waals surface area contributed by atoms with Gasteiger partial charge in [0.2, 0.25) is 0 Å². The van der Waals surface area contributed by atoms with Gasteiger partial charge >= 0.3 is 6.18 Å². The van der Waals surface area contributed by atoms with Crippen molar-refractivity contribution in [2.24, 2.45) is 0 Å². The van der Waals surface area contributed by atoms with Crippen LogP contribution in [0.2, 0.25) is 10.0 Å². The van der Waals surface area contributed by atoms with Crippen molar-refractivity contribution < 1.29 is 17.7 Å². The van der Waals surface area contributed by atoms with Gasteiger partial charge in [-0.05, 0) is 19.1 Å². The maximum Gasteiger partial charge on any atom is 0.416 e. The van der Waals surface area contributed by atoms with E-state index in [1.165, 1.54) is 13.0 Å². The maximum absolute atomic E-state index is 12.6. The number of benzene rings is 1. The second-order valence-corrected chi connectivity index (χ2v) is 5.38. The summed E-state index contributed by atoms with van der Waals surface area (Å²) in [6.45, 7) is 1.41. The highest BCUT2D eigenvalue weighted by Gasteiger charge is 2.32. The highest BCUT2D eigenvalue weighted by molar-refractivity contribution is 7.98. The molecule has 0 bridgehead atoms. The lowest BCUT2D eigenvalue weighted by Gasteiger charge is -2.15. The number of hydrogen-bond acceptors (Lipinski definition) is 5. The van der Waals surface area contributed by atoms with Crippen LogP contribution in [0.15, 0.2) is 22.7 Å². The number of anilines is 1. The van der Waals surface area contributed by atoms with Gasteiger partial charge in [0.1, 0.15) is 11.8 Å². The van der Waals surface area contributed by atoms with E-state index < -0.39 is 17.5 Å². The van der Waals surface area contributed by atoms with Gasteiger partial charge in [0.15, 0.2) is 0 Å². The van der Waals surface area contributed by atoms with Crippen molar-refractivity contribution in [3.8, 4) is 6.07 Å². The van der Waals surface area contributed by atoms with E-state index in [9.17, 15) is 13.2 Å². The van der Waals surface area contributed by atoms with Crippen LogP contribution in [0, 0.1) is 16.7 Å². The lowest BCUT2D eigenvalue weighted by Crippen LogP contribution is -2.08. The van der Waals surface area contributed by atoms with E-state index in [0.717, 1.165) is 0 Å². The molecule has 0 aliphatic heterocycles. The number of allylic oxidation sites excluding steroid dienone is 2. The molecule has 4 nitrogen and oxygen atoms in total. The maximum atomic E-state index is 12.6. The van der Waals surface area contributed by atoms with Crippen LogP contribution in [-0.4, -0.2) is 10.3 Å². The summed E-state index contributed by atoms with van der Waals surface area (Å²) in [6, 6.07) is 2.93. The average Bonchev–Trinajstić information content (AvgIpc) is 2.42. The van der Waals surface area contributed by atoms with E-state index in [4.69, 9.17) is 38.4 Å². The molecule has 0 aliphatic carbocycles. The van der Waals surface area contributed by atoms with Crippen LogP contribution < -0.4 is 5.32 Å². The summed E-state index contributed by atoms with van der Waals surface area (Å²) in [7, 11) is 0. The first-order valence-corrected chi connectivity index (χ1v) is 6.99. The monoisotopic (exact) mass is 369 g/mol. The molecule has 1 rings (SSSR count). The largest absolute Gasteiger partial charge is 0.416 e. The highest BCUT2D eigenvalue weighted by atomic mass is 35.5. The molecule has 0 aromatic heterocycles. The van der Waals surface area contributed by atoms with Crippen LogP contribution in [0.4, 0.5) is 18.9 Å². The van der Waals surface area contributed by atoms with Crippen LogP contribution in [0.1, 0.15) is 12.5 Å². The third kappa shape index (κ3) is 4.30. The van der Waals surface area contributed by atoms with Crippen molar-refractivity contribution in [3.05, 3.63) is 38.3 Å². The minimum absolute atomic E-state index is 0.0221. The molecule has 0 saturated heterocycles. The number of nitrogens with one attached hydrogen (secondary N) is 2. The van der Waals surface area contributed by atoms with E-state index in [-0.39, 0.29) is 38.4 Å². The van der Waals surface area contributed by atoms with Crippen LogP contribution in [0.5, 0.6) is 0 Å². The van der Waals surface area contributed by atoms with E-state index in [1.807, 2.05) is 0 Å². The zero-order valence-electron chi connectivity index (χ0n) is 10.8. The topological polar surface area (TPSA) is 79.9 Å². The van der Waals surface area contributed by atoms with E-state index in [0.29, 0.717) is 12.1 Å². The van der Waals surface area contributed by atoms with Gasteiger partial charge < -0.3 is 9.87 Å². The van der Waals surface area contributed by atoms with Gasteiger partial charge in [0, 0.05) is 17.7 Å². The average molecular weight is 370 g/mol. The Morgan fingerprint density at radius 2 is 1.86 bits per heavy atom. The molecule has 0 heterocycles. The van der Waals surface area contributed by atoms with Crippen molar-refractivity contribution in [2.75, 3.05) is 5.32 Å². The number of rotatable bonds is 4. The summed E-state index contributed by atoms with van der Waals surface area (Å²) in [4.78, 5) is -0.102. The van der Waals surface area contributed by atoms with Crippen molar-refractivity contribution >= 4 is 46.6 Å². The van der Waals surface area contributed by atoms with Crippen LogP contribution in [0.25, 0.3) is 0 Å². The van der Waals surface area contributed by atoms with Crippen LogP contribution in [-0.2, 0) is 6.18 Å². The lowest BCUT2D eigenvalue weighted by molar-refractivity contribution is -0.137.